The number of rotatable bonds is 4. The van der Waals surface area contributed by atoms with E-state index in [-0.39, 0.29) is 11.5 Å². The predicted octanol–water partition coefficient (Wildman–Crippen LogP) is 3.22. The quantitative estimate of drug-likeness (QED) is 0.662. The second-order valence-electron chi connectivity index (χ2n) is 4.19. The minimum absolute atomic E-state index is 0.0772. The molecular formula is C13H13FN4O2. The summed E-state index contributed by atoms with van der Waals surface area (Å²) in [6, 6.07) is 6.90. The van der Waals surface area contributed by atoms with Crippen LogP contribution in [-0.4, -0.2) is 17.0 Å². The fourth-order valence-corrected chi connectivity index (χ4v) is 1.72. The number of nitrogens with one attached hydrogen (secondary N) is 2. The number of hydrogen-bond acceptors (Lipinski definition) is 5. The second-order valence-corrected chi connectivity index (χ2v) is 4.19. The fraction of sp³-hybridized carbons (Fsp3) is 0.154. The van der Waals surface area contributed by atoms with Gasteiger partial charge in [0, 0.05) is 12.7 Å². The maximum absolute atomic E-state index is 13.0. The van der Waals surface area contributed by atoms with Crippen LogP contribution in [0.4, 0.5) is 27.4 Å². The molecule has 0 aliphatic carbocycles. The van der Waals surface area contributed by atoms with E-state index in [2.05, 4.69) is 15.6 Å². The normalized spacial score (nSPS) is 10.2. The molecule has 2 aromatic rings. The summed E-state index contributed by atoms with van der Waals surface area (Å²) in [6.45, 7) is 1.74. The summed E-state index contributed by atoms with van der Waals surface area (Å²) in [5, 5.41) is 16.6. The number of halogens is 1. The minimum Gasteiger partial charge on any atom is -0.373 e. The number of aryl methyl sites for hydroxylation is 1. The van der Waals surface area contributed by atoms with Crippen molar-refractivity contribution in [2.45, 2.75) is 6.92 Å². The van der Waals surface area contributed by atoms with Gasteiger partial charge < -0.3 is 10.6 Å². The molecule has 0 saturated carbocycles. The van der Waals surface area contributed by atoms with Gasteiger partial charge >= 0.3 is 0 Å². The molecule has 0 fully saturated rings. The van der Waals surface area contributed by atoms with E-state index in [0.29, 0.717) is 22.9 Å². The molecule has 0 amide bonds. The van der Waals surface area contributed by atoms with Gasteiger partial charge in [0.1, 0.15) is 17.5 Å². The van der Waals surface area contributed by atoms with Gasteiger partial charge in [0.25, 0.3) is 5.69 Å². The highest BCUT2D eigenvalue weighted by Crippen LogP contribution is 2.25. The van der Waals surface area contributed by atoms with Crippen LogP contribution in [0.3, 0.4) is 0 Å². The predicted molar refractivity (Wildman–Crippen MR) is 74.9 cm³/mol. The molecule has 104 valence electrons. The van der Waals surface area contributed by atoms with Crippen LogP contribution in [0.25, 0.3) is 0 Å². The van der Waals surface area contributed by atoms with Crippen molar-refractivity contribution in [2.75, 3.05) is 17.7 Å². The number of nitrogens with zero attached hydrogens (tertiary/aromatic N) is 2. The topological polar surface area (TPSA) is 80.1 Å². The van der Waals surface area contributed by atoms with Crippen molar-refractivity contribution in [2.24, 2.45) is 0 Å². The third-order valence-corrected chi connectivity index (χ3v) is 2.73. The Morgan fingerprint density at radius 2 is 1.95 bits per heavy atom. The molecule has 0 atom stereocenters. The van der Waals surface area contributed by atoms with E-state index in [9.17, 15) is 14.5 Å². The number of nitro groups is 1. The van der Waals surface area contributed by atoms with Gasteiger partial charge in [-0.05, 0) is 30.7 Å². The molecule has 0 aliphatic rings. The van der Waals surface area contributed by atoms with E-state index in [0.717, 1.165) is 0 Å². The molecule has 1 heterocycles. The second kappa shape index (κ2) is 5.52. The SMILES string of the molecule is CNc1cc([N+](=O)[O-])cc(Nc2ccc(F)cc2C)n1. The molecule has 0 aliphatic heterocycles. The molecular weight excluding hydrogens is 263 g/mol. The molecule has 0 radical (unpaired) electrons. The number of benzene rings is 1. The van der Waals surface area contributed by atoms with Gasteiger partial charge in [-0.25, -0.2) is 9.37 Å². The van der Waals surface area contributed by atoms with Crippen molar-refractivity contribution in [3.8, 4) is 0 Å². The van der Waals surface area contributed by atoms with Crippen molar-refractivity contribution >= 4 is 23.0 Å². The van der Waals surface area contributed by atoms with Crippen molar-refractivity contribution in [1.29, 1.82) is 0 Å². The smallest absolute Gasteiger partial charge is 0.276 e. The Hall–Kier alpha value is -2.70. The van der Waals surface area contributed by atoms with Crippen LogP contribution in [0.1, 0.15) is 5.56 Å². The molecule has 7 heteroatoms. The molecule has 1 aromatic heterocycles. The van der Waals surface area contributed by atoms with Crippen molar-refractivity contribution in [3.63, 3.8) is 0 Å². The molecule has 0 spiro atoms. The van der Waals surface area contributed by atoms with Crippen LogP contribution in [0.2, 0.25) is 0 Å². The maximum Gasteiger partial charge on any atom is 0.276 e. The number of anilines is 3. The third kappa shape index (κ3) is 3.00. The number of pyridine rings is 1. The van der Waals surface area contributed by atoms with E-state index in [1.165, 1.54) is 24.3 Å². The first-order valence-electron chi connectivity index (χ1n) is 5.87. The highest BCUT2D eigenvalue weighted by molar-refractivity contribution is 5.64. The molecule has 0 bridgehead atoms. The Morgan fingerprint density at radius 1 is 1.25 bits per heavy atom. The summed E-state index contributed by atoms with van der Waals surface area (Å²) in [7, 11) is 1.62. The standard InChI is InChI=1S/C13H13FN4O2/c1-8-5-9(14)3-4-11(8)16-13-7-10(18(19)20)6-12(15-2)17-13/h3-7H,1-2H3,(H2,15,16,17). The number of aromatic nitrogens is 1. The fourth-order valence-electron chi connectivity index (χ4n) is 1.72. The van der Waals surface area contributed by atoms with Crippen molar-refractivity contribution < 1.29 is 9.31 Å². The monoisotopic (exact) mass is 276 g/mol. The van der Waals surface area contributed by atoms with Gasteiger partial charge in [-0.2, -0.15) is 0 Å². The van der Waals surface area contributed by atoms with Gasteiger partial charge in [-0.3, -0.25) is 10.1 Å². The van der Waals surface area contributed by atoms with E-state index in [1.54, 1.807) is 20.0 Å². The van der Waals surface area contributed by atoms with Crippen LogP contribution in [0.5, 0.6) is 0 Å². The first-order chi connectivity index (χ1) is 9.49. The highest BCUT2D eigenvalue weighted by Gasteiger charge is 2.11. The first kappa shape index (κ1) is 13.7. The Bertz CT molecular complexity index is 661. The van der Waals surface area contributed by atoms with E-state index in [1.807, 2.05) is 0 Å². The van der Waals surface area contributed by atoms with Gasteiger partial charge in [0.15, 0.2) is 0 Å². The van der Waals surface area contributed by atoms with Gasteiger partial charge in [-0.15, -0.1) is 0 Å². The Labute approximate surface area is 114 Å². The summed E-state index contributed by atoms with van der Waals surface area (Å²) in [4.78, 5) is 14.5. The molecule has 2 rings (SSSR count). The lowest BCUT2D eigenvalue weighted by atomic mass is 10.2. The Kier molecular flexibility index (Phi) is 3.79. The third-order valence-electron chi connectivity index (χ3n) is 2.73. The van der Waals surface area contributed by atoms with Crippen LogP contribution in [0, 0.1) is 22.9 Å². The van der Waals surface area contributed by atoms with E-state index < -0.39 is 4.92 Å². The van der Waals surface area contributed by atoms with Crippen LogP contribution in [-0.2, 0) is 0 Å². The zero-order chi connectivity index (χ0) is 14.7. The van der Waals surface area contributed by atoms with Gasteiger partial charge in [-0.1, -0.05) is 0 Å². The lowest BCUT2D eigenvalue weighted by molar-refractivity contribution is -0.384. The molecule has 2 N–H and O–H groups in total. The van der Waals surface area contributed by atoms with Crippen LogP contribution in [0.15, 0.2) is 30.3 Å². The zero-order valence-corrected chi connectivity index (χ0v) is 11.0. The number of hydrogen-bond donors (Lipinski definition) is 2. The summed E-state index contributed by atoms with van der Waals surface area (Å²) >= 11 is 0. The highest BCUT2D eigenvalue weighted by atomic mass is 19.1. The lowest BCUT2D eigenvalue weighted by Gasteiger charge is -2.10. The van der Waals surface area contributed by atoms with Crippen molar-refractivity contribution in [1.82, 2.24) is 4.98 Å². The van der Waals surface area contributed by atoms with Gasteiger partial charge in [0.05, 0.1) is 17.1 Å². The average Bonchev–Trinajstić information content (AvgIpc) is 2.41. The molecule has 6 nitrogen and oxygen atoms in total. The molecule has 1 aromatic carbocycles. The summed E-state index contributed by atoms with van der Waals surface area (Å²) in [5.74, 6) is 0.357. The van der Waals surface area contributed by atoms with E-state index in [4.69, 9.17) is 0 Å². The molecule has 0 unspecified atom stereocenters. The van der Waals surface area contributed by atoms with Crippen molar-refractivity contribution in [3.05, 3.63) is 51.8 Å². The Morgan fingerprint density at radius 3 is 2.55 bits per heavy atom. The summed E-state index contributed by atoms with van der Waals surface area (Å²) in [5.41, 5.74) is 1.25. The van der Waals surface area contributed by atoms with Gasteiger partial charge in [0.2, 0.25) is 0 Å². The van der Waals surface area contributed by atoms with Crippen LogP contribution < -0.4 is 10.6 Å². The summed E-state index contributed by atoms with van der Waals surface area (Å²) in [6.07, 6.45) is 0. The Balaban J connectivity index is 2.37. The lowest BCUT2D eigenvalue weighted by Crippen LogP contribution is -2.01. The summed E-state index contributed by atoms with van der Waals surface area (Å²) < 4.78 is 13.0. The van der Waals surface area contributed by atoms with Crippen LogP contribution >= 0.6 is 0 Å². The minimum atomic E-state index is -0.495. The zero-order valence-electron chi connectivity index (χ0n) is 11.0. The maximum atomic E-state index is 13.0. The molecule has 0 saturated heterocycles. The first-order valence-corrected chi connectivity index (χ1v) is 5.87. The average molecular weight is 276 g/mol. The molecule has 20 heavy (non-hydrogen) atoms. The largest absolute Gasteiger partial charge is 0.373 e. The van der Waals surface area contributed by atoms with E-state index >= 15 is 0 Å².